The van der Waals surface area contributed by atoms with Crippen molar-refractivity contribution in [3.63, 3.8) is 0 Å². The molecule has 0 saturated carbocycles. The average molecular weight is 278 g/mol. The molecule has 0 amide bonds. The van der Waals surface area contributed by atoms with Gasteiger partial charge in [0.15, 0.2) is 0 Å². The zero-order valence-electron chi connectivity index (χ0n) is 12.3. The minimum Gasteiger partial charge on any atom is -0.392 e. The maximum absolute atomic E-state index is 10.9. The van der Waals surface area contributed by atoms with Crippen LogP contribution in [0.2, 0.25) is 0 Å². The topological polar surface area (TPSA) is 20.2 Å². The van der Waals surface area contributed by atoms with Crippen molar-refractivity contribution in [3.8, 4) is 0 Å². The van der Waals surface area contributed by atoms with Gasteiger partial charge in [0, 0.05) is 5.41 Å². The first kappa shape index (κ1) is 15.3. The van der Waals surface area contributed by atoms with Crippen LogP contribution in [0.5, 0.6) is 0 Å². The molecule has 108 valence electrons. The second-order valence-electron chi connectivity index (χ2n) is 5.24. The summed E-state index contributed by atoms with van der Waals surface area (Å²) in [5.74, 6) is 0. The molecule has 21 heavy (non-hydrogen) atoms. The number of hydrogen-bond acceptors (Lipinski definition) is 1. The fourth-order valence-electron chi connectivity index (χ4n) is 2.98. The van der Waals surface area contributed by atoms with Crippen molar-refractivity contribution >= 4 is 0 Å². The molecule has 0 fully saturated rings. The van der Waals surface area contributed by atoms with E-state index < -0.39 is 11.5 Å². The molecular formula is C20H22O. The van der Waals surface area contributed by atoms with Gasteiger partial charge in [-0.25, -0.2) is 0 Å². The molecule has 1 nitrogen and oxygen atoms in total. The number of rotatable bonds is 7. The Morgan fingerprint density at radius 1 is 0.857 bits per heavy atom. The van der Waals surface area contributed by atoms with Crippen LogP contribution in [-0.4, -0.2) is 11.2 Å². The highest BCUT2D eigenvalue weighted by Crippen LogP contribution is 2.40. The number of aliphatic hydroxyl groups is 1. The van der Waals surface area contributed by atoms with Gasteiger partial charge in [0.05, 0.1) is 6.10 Å². The summed E-state index contributed by atoms with van der Waals surface area (Å²) in [6, 6.07) is 20.3. The van der Waals surface area contributed by atoms with Gasteiger partial charge >= 0.3 is 0 Å². The fourth-order valence-corrected chi connectivity index (χ4v) is 2.98. The van der Waals surface area contributed by atoms with Crippen LogP contribution in [-0.2, 0) is 5.41 Å². The van der Waals surface area contributed by atoms with Crippen molar-refractivity contribution in [3.05, 3.63) is 97.1 Å². The van der Waals surface area contributed by atoms with Crippen LogP contribution in [0.15, 0.2) is 86.0 Å². The van der Waals surface area contributed by atoms with Crippen LogP contribution in [0.25, 0.3) is 0 Å². The lowest BCUT2D eigenvalue weighted by Crippen LogP contribution is -2.40. The van der Waals surface area contributed by atoms with E-state index in [0.29, 0.717) is 12.8 Å². The molecule has 1 unspecified atom stereocenters. The van der Waals surface area contributed by atoms with Gasteiger partial charge in [-0.15, -0.1) is 13.2 Å². The molecule has 2 aromatic rings. The SMILES string of the molecule is C=CCC(O)C(CC=C)(c1ccccc1)c1ccccc1. The Balaban J connectivity index is 2.65. The van der Waals surface area contributed by atoms with Crippen molar-refractivity contribution < 1.29 is 5.11 Å². The minimum atomic E-state index is -0.544. The summed E-state index contributed by atoms with van der Waals surface area (Å²) >= 11 is 0. The largest absolute Gasteiger partial charge is 0.392 e. The van der Waals surface area contributed by atoms with Gasteiger partial charge in [-0.2, -0.15) is 0 Å². The van der Waals surface area contributed by atoms with E-state index in [1.165, 1.54) is 0 Å². The molecule has 0 aromatic heterocycles. The molecule has 0 bridgehead atoms. The second-order valence-corrected chi connectivity index (χ2v) is 5.24. The summed E-state index contributed by atoms with van der Waals surface area (Å²) in [6.45, 7) is 7.68. The predicted molar refractivity (Wildman–Crippen MR) is 89.3 cm³/mol. The zero-order chi connectivity index (χ0) is 15.1. The van der Waals surface area contributed by atoms with Crippen LogP contribution < -0.4 is 0 Å². The lowest BCUT2D eigenvalue weighted by atomic mass is 9.67. The molecule has 2 aromatic carbocycles. The van der Waals surface area contributed by atoms with Crippen molar-refractivity contribution in [2.75, 3.05) is 0 Å². The Kier molecular flexibility index (Phi) is 5.13. The Bertz CT molecular complexity index is 532. The summed E-state index contributed by atoms with van der Waals surface area (Å²) < 4.78 is 0. The normalized spacial score (nSPS) is 12.6. The molecule has 1 N–H and O–H groups in total. The minimum absolute atomic E-state index is 0.488. The number of hydrogen-bond donors (Lipinski definition) is 1. The lowest BCUT2D eigenvalue weighted by molar-refractivity contribution is 0.105. The summed E-state index contributed by atoms with van der Waals surface area (Å²) in [5.41, 5.74) is 1.72. The lowest BCUT2D eigenvalue weighted by Gasteiger charge is -2.38. The fraction of sp³-hybridized carbons (Fsp3) is 0.200. The van der Waals surface area contributed by atoms with Gasteiger partial charge in [-0.3, -0.25) is 0 Å². The standard InChI is InChI=1S/C20H22O/c1-3-11-19(21)20(16-4-2,17-12-7-5-8-13-17)18-14-9-6-10-15-18/h3-10,12-15,19,21H,1-2,11,16H2. The first-order valence-corrected chi connectivity index (χ1v) is 7.26. The summed E-state index contributed by atoms with van der Waals surface area (Å²) in [7, 11) is 0. The van der Waals surface area contributed by atoms with Gasteiger partial charge in [0.2, 0.25) is 0 Å². The molecule has 1 atom stereocenters. The third-order valence-corrected chi connectivity index (χ3v) is 4.00. The maximum atomic E-state index is 10.9. The van der Waals surface area contributed by atoms with Gasteiger partial charge in [-0.1, -0.05) is 72.8 Å². The number of benzene rings is 2. The quantitative estimate of drug-likeness (QED) is 0.740. The van der Waals surface area contributed by atoms with Crippen LogP contribution in [0.1, 0.15) is 24.0 Å². The van der Waals surface area contributed by atoms with E-state index in [1.54, 1.807) is 6.08 Å². The van der Waals surface area contributed by atoms with Crippen LogP contribution in [0.3, 0.4) is 0 Å². The summed E-state index contributed by atoms with van der Waals surface area (Å²) in [4.78, 5) is 0. The van der Waals surface area contributed by atoms with E-state index in [-0.39, 0.29) is 0 Å². The van der Waals surface area contributed by atoms with E-state index in [4.69, 9.17) is 0 Å². The molecule has 0 spiro atoms. The predicted octanol–water partition coefficient (Wildman–Crippen LogP) is 4.49. The highest BCUT2D eigenvalue weighted by atomic mass is 16.3. The van der Waals surface area contributed by atoms with Gasteiger partial charge < -0.3 is 5.11 Å². The molecular weight excluding hydrogens is 256 g/mol. The Morgan fingerprint density at radius 3 is 1.71 bits per heavy atom. The first-order chi connectivity index (χ1) is 10.3. The third kappa shape index (κ3) is 2.98. The second kappa shape index (κ2) is 7.05. The van der Waals surface area contributed by atoms with Gasteiger partial charge in [0.1, 0.15) is 0 Å². The molecule has 0 aliphatic heterocycles. The van der Waals surface area contributed by atoms with E-state index in [2.05, 4.69) is 37.4 Å². The van der Waals surface area contributed by atoms with Crippen molar-refractivity contribution in [1.82, 2.24) is 0 Å². The van der Waals surface area contributed by atoms with E-state index >= 15 is 0 Å². The third-order valence-electron chi connectivity index (χ3n) is 4.00. The molecule has 0 aliphatic rings. The van der Waals surface area contributed by atoms with Crippen LogP contribution in [0.4, 0.5) is 0 Å². The smallest absolute Gasteiger partial charge is 0.0714 e. The Morgan fingerprint density at radius 2 is 1.33 bits per heavy atom. The number of aliphatic hydroxyl groups excluding tert-OH is 1. The van der Waals surface area contributed by atoms with Crippen molar-refractivity contribution in [1.29, 1.82) is 0 Å². The molecule has 1 heteroatoms. The summed E-state index contributed by atoms with van der Waals surface area (Å²) in [5, 5.41) is 10.9. The van der Waals surface area contributed by atoms with E-state index in [9.17, 15) is 5.11 Å². The Hall–Kier alpha value is -2.12. The average Bonchev–Trinajstić information content (AvgIpc) is 2.54. The van der Waals surface area contributed by atoms with Crippen molar-refractivity contribution in [2.45, 2.75) is 24.4 Å². The molecule has 2 rings (SSSR count). The zero-order valence-corrected chi connectivity index (χ0v) is 12.3. The van der Waals surface area contributed by atoms with E-state index in [1.807, 2.05) is 42.5 Å². The van der Waals surface area contributed by atoms with Gasteiger partial charge in [-0.05, 0) is 24.0 Å². The highest BCUT2D eigenvalue weighted by Gasteiger charge is 2.39. The summed E-state index contributed by atoms with van der Waals surface area (Å²) in [6.07, 6.45) is 4.33. The van der Waals surface area contributed by atoms with Gasteiger partial charge in [0.25, 0.3) is 0 Å². The Labute approximate surface area is 127 Å². The van der Waals surface area contributed by atoms with Crippen molar-refractivity contribution in [2.24, 2.45) is 0 Å². The van der Waals surface area contributed by atoms with E-state index in [0.717, 1.165) is 11.1 Å². The molecule has 0 radical (unpaired) electrons. The number of allylic oxidation sites excluding steroid dienone is 1. The monoisotopic (exact) mass is 278 g/mol. The molecule has 0 aliphatic carbocycles. The molecule has 0 saturated heterocycles. The first-order valence-electron chi connectivity index (χ1n) is 7.26. The van der Waals surface area contributed by atoms with Crippen LogP contribution in [0, 0.1) is 0 Å². The van der Waals surface area contributed by atoms with Crippen LogP contribution >= 0.6 is 0 Å². The maximum Gasteiger partial charge on any atom is 0.0714 e. The highest BCUT2D eigenvalue weighted by molar-refractivity contribution is 5.42. The molecule has 0 heterocycles.